The summed E-state index contributed by atoms with van der Waals surface area (Å²) in [6, 6.07) is 4.79. The molecule has 7 heteroatoms. The fraction of sp³-hybridized carbons (Fsp3) is 0.467. The maximum Gasteiger partial charge on any atom is 0.260 e. The third-order valence-electron chi connectivity index (χ3n) is 2.81. The van der Waals surface area contributed by atoms with E-state index in [1.165, 1.54) is 0 Å². The molecule has 0 radical (unpaired) electrons. The zero-order chi connectivity index (χ0) is 16.7. The highest BCUT2D eigenvalue weighted by Crippen LogP contribution is 2.28. The number of hydrogen-bond acceptors (Lipinski definition) is 3. The van der Waals surface area contributed by atoms with Crippen molar-refractivity contribution in [1.29, 1.82) is 0 Å². The first kappa shape index (κ1) is 18.6. The summed E-state index contributed by atoms with van der Waals surface area (Å²) >= 11 is 11.8. The van der Waals surface area contributed by atoms with Crippen molar-refractivity contribution in [3.8, 4) is 5.75 Å². The molecule has 0 saturated carbocycles. The first-order valence-electron chi connectivity index (χ1n) is 6.98. The van der Waals surface area contributed by atoms with Gasteiger partial charge in [-0.25, -0.2) is 0 Å². The lowest BCUT2D eigenvalue weighted by molar-refractivity contribution is -0.128. The minimum absolute atomic E-state index is 0.0495. The quantitative estimate of drug-likeness (QED) is 0.745. The van der Waals surface area contributed by atoms with Gasteiger partial charge in [0.1, 0.15) is 5.75 Å². The maximum absolute atomic E-state index is 11.9. The molecule has 0 fully saturated rings. The summed E-state index contributed by atoms with van der Waals surface area (Å²) in [5.41, 5.74) is 0. The summed E-state index contributed by atoms with van der Waals surface area (Å²) in [5.74, 6) is -0.0249. The molecule has 0 aliphatic rings. The Kier molecular flexibility index (Phi) is 7.48. The highest BCUT2D eigenvalue weighted by molar-refractivity contribution is 6.35. The van der Waals surface area contributed by atoms with E-state index in [-0.39, 0.29) is 17.7 Å². The van der Waals surface area contributed by atoms with Crippen LogP contribution in [0.1, 0.15) is 20.8 Å². The molecule has 122 valence electrons. The topological polar surface area (TPSA) is 67.4 Å². The molecule has 2 N–H and O–H groups in total. The van der Waals surface area contributed by atoms with Gasteiger partial charge in [-0.3, -0.25) is 9.59 Å². The van der Waals surface area contributed by atoms with Gasteiger partial charge >= 0.3 is 0 Å². The van der Waals surface area contributed by atoms with E-state index >= 15 is 0 Å². The Morgan fingerprint density at radius 3 is 2.23 bits per heavy atom. The van der Waals surface area contributed by atoms with Gasteiger partial charge in [-0.15, -0.1) is 0 Å². The molecule has 1 unspecified atom stereocenters. The molecule has 0 heterocycles. The lowest BCUT2D eigenvalue weighted by Crippen LogP contribution is -2.41. The molecule has 0 saturated heterocycles. The van der Waals surface area contributed by atoms with Crippen LogP contribution in [0.5, 0.6) is 5.75 Å². The molecule has 1 aromatic rings. The van der Waals surface area contributed by atoms with E-state index < -0.39 is 6.10 Å². The molecule has 2 amide bonds. The van der Waals surface area contributed by atoms with Gasteiger partial charge < -0.3 is 15.4 Å². The van der Waals surface area contributed by atoms with Crippen LogP contribution in [0.15, 0.2) is 18.2 Å². The summed E-state index contributed by atoms with van der Waals surface area (Å²) in [6.07, 6.45) is -0.709. The summed E-state index contributed by atoms with van der Waals surface area (Å²) in [6.45, 7) is 5.93. The second kappa shape index (κ2) is 8.86. The van der Waals surface area contributed by atoms with Crippen molar-refractivity contribution < 1.29 is 14.3 Å². The first-order valence-corrected chi connectivity index (χ1v) is 7.74. The van der Waals surface area contributed by atoms with E-state index in [1.807, 2.05) is 0 Å². The predicted molar refractivity (Wildman–Crippen MR) is 87.4 cm³/mol. The normalized spacial score (nSPS) is 11.9. The second-order valence-corrected chi connectivity index (χ2v) is 5.92. The largest absolute Gasteiger partial charge is 0.479 e. The van der Waals surface area contributed by atoms with Crippen molar-refractivity contribution in [3.63, 3.8) is 0 Å². The Balaban J connectivity index is 2.37. The lowest BCUT2D eigenvalue weighted by Gasteiger charge is -2.16. The zero-order valence-corrected chi connectivity index (χ0v) is 14.3. The number of halogens is 2. The number of ether oxygens (including phenoxy) is 1. The number of amides is 2. The molecule has 1 aromatic carbocycles. The molecule has 5 nitrogen and oxygen atoms in total. The van der Waals surface area contributed by atoms with Crippen molar-refractivity contribution in [3.05, 3.63) is 28.2 Å². The maximum atomic E-state index is 11.9. The Labute approximate surface area is 140 Å². The van der Waals surface area contributed by atoms with Gasteiger partial charge in [-0.2, -0.15) is 0 Å². The van der Waals surface area contributed by atoms with Crippen LogP contribution in [0, 0.1) is 5.92 Å². The number of nitrogens with one attached hydrogen (secondary N) is 2. The number of benzene rings is 1. The van der Waals surface area contributed by atoms with Gasteiger partial charge in [-0.05, 0) is 25.1 Å². The van der Waals surface area contributed by atoms with Crippen LogP contribution in [-0.4, -0.2) is 31.0 Å². The average molecular weight is 347 g/mol. The Hall–Kier alpha value is -1.46. The number of carbonyl (C=O) groups excluding carboxylic acids is 2. The molecule has 0 aliphatic heterocycles. The molecule has 22 heavy (non-hydrogen) atoms. The summed E-state index contributed by atoms with van der Waals surface area (Å²) < 4.78 is 5.49. The Morgan fingerprint density at radius 1 is 1.09 bits per heavy atom. The highest BCUT2D eigenvalue weighted by atomic mass is 35.5. The van der Waals surface area contributed by atoms with Crippen LogP contribution < -0.4 is 15.4 Å². The lowest BCUT2D eigenvalue weighted by atomic mass is 10.2. The highest BCUT2D eigenvalue weighted by Gasteiger charge is 2.16. The van der Waals surface area contributed by atoms with Crippen LogP contribution in [0.25, 0.3) is 0 Å². The minimum Gasteiger partial charge on any atom is -0.479 e. The van der Waals surface area contributed by atoms with Crippen molar-refractivity contribution in [2.24, 2.45) is 5.92 Å². The van der Waals surface area contributed by atoms with Crippen molar-refractivity contribution in [1.82, 2.24) is 10.6 Å². The molecule has 0 bridgehead atoms. The number of carbonyl (C=O) groups is 2. The third kappa shape index (κ3) is 6.12. The number of rotatable bonds is 7. The molecule has 1 rings (SSSR count). The van der Waals surface area contributed by atoms with Crippen LogP contribution in [-0.2, 0) is 9.59 Å². The standard InChI is InChI=1S/C15H20Cl2N2O3/c1-9(2)14(20)18-6-7-19-15(21)10(3)22-13-5-4-11(16)8-12(13)17/h4-5,8-10H,6-7H2,1-3H3,(H,18,20)(H,19,21). The van der Waals surface area contributed by atoms with Gasteiger partial charge in [0.15, 0.2) is 6.10 Å². The number of hydrogen-bond donors (Lipinski definition) is 2. The Bertz CT molecular complexity index is 536. The van der Waals surface area contributed by atoms with E-state index in [9.17, 15) is 9.59 Å². The van der Waals surface area contributed by atoms with E-state index in [0.717, 1.165) is 0 Å². The molecule has 0 aromatic heterocycles. The van der Waals surface area contributed by atoms with Gasteiger partial charge in [0, 0.05) is 24.0 Å². The molecular weight excluding hydrogens is 327 g/mol. The smallest absolute Gasteiger partial charge is 0.260 e. The van der Waals surface area contributed by atoms with Crippen LogP contribution in [0.4, 0.5) is 0 Å². The summed E-state index contributed by atoms with van der Waals surface area (Å²) in [4.78, 5) is 23.2. The molecule has 0 aliphatic carbocycles. The summed E-state index contributed by atoms with van der Waals surface area (Å²) in [5, 5.41) is 6.23. The van der Waals surface area contributed by atoms with Gasteiger partial charge in [0.2, 0.25) is 5.91 Å². The van der Waals surface area contributed by atoms with Crippen molar-refractivity contribution in [2.45, 2.75) is 26.9 Å². The van der Waals surface area contributed by atoms with E-state index in [4.69, 9.17) is 27.9 Å². The van der Waals surface area contributed by atoms with E-state index in [1.54, 1.807) is 39.0 Å². The summed E-state index contributed by atoms with van der Waals surface area (Å²) in [7, 11) is 0. The molecule has 0 spiro atoms. The van der Waals surface area contributed by atoms with Crippen LogP contribution >= 0.6 is 23.2 Å². The van der Waals surface area contributed by atoms with Crippen LogP contribution in [0.2, 0.25) is 10.0 Å². The van der Waals surface area contributed by atoms with Gasteiger partial charge in [0.05, 0.1) is 5.02 Å². The SMILES string of the molecule is CC(C)C(=O)NCCNC(=O)C(C)Oc1ccc(Cl)cc1Cl. The first-order chi connectivity index (χ1) is 10.3. The average Bonchev–Trinajstić information content (AvgIpc) is 2.45. The fourth-order valence-corrected chi connectivity index (χ4v) is 1.99. The predicted octanol–water partition coefficient (Wildman–Crippen LogP) is 2.65. The molecular formula is C15H20Cl2N2O3. The third-order valence-corrected chi connectivity index (χ3v) is 3.35. The van der Waals surface area contributed by atoms with Crippen molar-refractivity contribution >= 4 is 35.0 Å². The molecule has 1 atom stereocenters. The minimum atomic E-state index is -0.709. The fourth-order valence-electron chi connectivity index (χ4n) is 1.53. The van der Waals surface area contributed by atoms with E-state index in [2.05, 4.69) is 10.6 Å². The second-order valence-electron chi connectivity index (χ2n) is 5.07. The van der Waals surface area contributed by atoms with Crippen LogP contribution in [0.3, 0.4) is 0 Å². The zero-order valence-electron chi connectivity index (χ0n) is 12.8. The Morgan fingerprint density at radius 2 is 1.68 bits per heavy atom. The monoisotopic (exact) mass is 346 g/mol. The van der Waals surface area contributed by atoms with Gasteiger partial charge in [0.25, 0.3) is 5.91 Å². The van der Waals surface area contributed by atoms with Gasteiger partial charge in [-0.1, -0.05) is 37.0 Å². The van der Waals surface area contributed by atoms with Crippen molar-refractivity contribution in [2.75, 3.05) is 13.1 Å². The van der Waals surface area contributed by atoms with E-state index in [0.29, 0.717) is 28.9 Å².